The largest absolute Gasteiger partial charge is 0.456 e. The molecule has 0 aliphatic rings. The van der Waals surface area contributed by atoms with Crippen LogP contribution in [-0.4, -0.2) is 0 Å². The molecular weight excluding hydrogens is 719 g/mol. The van der Waals surface area contributed by atoms with Crippen molar-refractivity contribution in [2.75, 3.05) is 4.90 Å². The van der Waals surface area contributed by atoms with E-state index in [1.165, 1.54) is 32.7 Å². The van der Waals surface area contributed by atoms with E-state index in [0.717, 1.165) is 83.2 Å². The van der Waals surface area contributed by atoms with E-state index in [-0.39, 0.29) is 0 Å². The summed E-state index contributed by atoms with van der Waals surface area (Å²) in [7, 11) is 0. The Kier molecular flexibility index (Phi) is 7.54. The molecule has 0 spiro atoms. The van der Waals surface area contributed by atoms with Gasteiger partial charge in [0, 0.05) is 44.0 Å². The lowest BCUT2D eigenvalue weighted by Crippen LogP contribution is -2.11. The van der Waals surface area contributed by atoms with Crippen LogP contribution in [0.25, 0.3) is 98.8 Å². The van der Waals surface area contributed by atoms with Crippen LogP contribution in [0.1, 0.15) is 0 Å². The van der Waals surface area contributed by atoms with E-state index in [2.05, 4.69) is 205 Å². The van der Waals surface area contributed by atoms with Gasteiger partial charge in [-0.3, -0.25) is 0 Å². The zero-order chi connectivity index (χ0) is 38.9. The van der Waals surface area contributed by atoms with Gasteiger partial charge in [-0.05, 0) is 104 Å². The summed E-state index contributed by atoms with van der Waals surface area (Å²) in [6, 6.07) is 75.8. The Morgan fingerprint density at radius 1 is 0.288 bits per heavy atom. The molecule has 0 unspecified atom stereocenters. The average Bonchev–Trinajstić information content (AvgIpc) is 3.86. The van der Waals surface area contributed by atoms with E-state index >= 15 is 0 Å². The highest BCUT2D eigenvalue weighted by atomic mass is 16.3. The van der Waals surface area contributed by atoms with Gasteiger partial charge in [0.2, 0.25) is 0 Å². The topological polar surface area (TPSA) is 29.5 Å². The van der Waals surface area contributed by atoms with E-state index in [0.29, 0.717) is 0 Å². The number of anilines is 3. The predicted molar refractivity (Wildman–Crippen MR) is 247 cm³/mol. The molecule has 0 saturated carbocycles. The van der Waals surface area contributed by atoms with Gasteiger partial charge in [-0.15, -0.1) is 0 Å². The maximum Gasteiger partial charge on any atom is 0.143 e. The lowest BCUT2D eigenvalue weighted by Gasteiger charge is -2.28. The Labute approximate surface area is 340 Å². The number of furan rings is 2. The molecule has 12 aromatic rings. The number of para-hydroxylation sites is 3. The lowest BCUT2D eigenvalue weighted by molar-refractivity contribution is 0.669. The summed E-state index contributed by atoms with van der Waals surface area (Å²) >= 11 is 0. The van der Waals surface area contributed by atoms with Gasteiger partial charge >= 0.3 is 0 Å². The molecule has 2 heterocycles. The summed E-state index contributed by atoms with van der Waals surface area (Å²) in [5, 5.41) is 9.34. The van der Waals surface area contributed by atoms with Gasteiger partial charge in [0.25, 0.3) is 0 Å². The standard InChI is InChI=1S/C56H35NO2/c1-2-13-40-34-55-51(33-39(40)12-1)50-20-10-19-49(56(50)59-55)46-16-5-7-21-52(46)57(43-30-25-38(26-31-43)45-18-9-14-37-11-3-4-15-44(37)45)42-28-23-36(24-29-42)41-27-32-48-47-17-6-8-22-53(47)58-54(48)35-41/h1-35H. The molecule has 3 heteroatoms. The molecule has 0 N–H and O–H groups in total. The number of fused-ring (bicyclic) bond motifs is 8. The summed E-state index contributed by atoms with van der Waals surface area (Å²) in [5.41, 5.74) is 13.5. The fourth-order valence-electron chi connectivity index (χ4n) is 8.99. The minimum atomic E-state index is 0.882. The maximum absolute atomic E-state index is 6.78. The lowest BCUT2D eigenvalue weighted by atomic mass is 9.97. The highest BCUT2D eigenvalue weighted by molar-refractivity contribution is 6.14. The van der Waals surface area contributed by atoms with Crippen LogP contribution in [0.4, 0.5) is 17.1 Å². The van der Waals surface area contributed by atoms with Crippen LogP contribution < -0.4 is 4.90 Å². The van der Waals surface area contributed by atoms with Crippen molar-refractivity contribution in [2.45, 2.75) is 0 Å². The monoisotopic (exact) mass is 753 g/mol. The van der Waals surface area contributed by atoms with Gasteiger partial charge in [0.1, 0.15) is 22.3 Å². The first-order valence-electron chi connectivity index (χ1n) is 20.1. The normalized spacial score (nSPS) is 11.7. The zero-order valence-corrected chi connectivity index (χ0v) is 32.0. The molecular formula is C56H35NO2. The van der Waals surface area contributed by atoms with Crippen molar-refractivity contribution < 1.29 is 8.83 Å². The van der Waals surface area contributed by atoms with E-state index in [1.54, 1.807) is 0 Å². The number of rotatable bonds is 6. The Balaban J connectivity index is 1.01. The van der Waals surface area contributed by atoms with Crippen LogP contribution in [0.15, 0.2) is 221 Å². The van der Waals surface area contributed by atoms with Gasteiger partial charge in [-0.1, -0.05) is 152 Å². The molecule has 3 nitrogen and oxygen atoms in total. The summed E-state index contributed by atoms with van der Waals surface area (Å²) in [5.74, 6) is 0. The van der Waals surface area contributed by atoms with Crippen molar-refractivity contribution in [1.29, 1.82) is 0 Å². The van der Waals surface area contributed by atoms with Crippen molar-refractivity contribution in [1.82, 2.24) is 0 Å². The Bertz CT molecular complexity index is 3550. The number of benzene rings is 10. The van der Waals surface area contributed by atoms with Crippen molar-refractivity contribution in [3.63, 3.8) is 0 Å². The van der Waals surface area contributed by atoms with Crippen molar-refractivity contribution >= 4 is 82.5 Å². The third kappa shape index (κ3) is 5.51. The zero-order valence-electron chi connectivity index (χ0n) is 32.0. The van der Waals surface area contributed by atoms with E-state index in [1.807, 2.05) is 12.1 Å². The van der Waals surface area contributed by atoms with Gasteiger partial charge < -0.3 is 13.7 Å². The highest BCUT2D eigenvalue weighted by Crippen LogP contribution is 2.45. The molecule has 2 aromatic heterocycles. The number of nitrogens with zero attached hydrogens (tertiary/aromatic N) is 1. The number of hydrogen-bond acceptors (Lipinski definition) is 3. The van der Waals surface area contributed by atoms with Crippen LogP contribution in [0, 0.1) is 0 Å². The van der Waals surface area contributed by atoms with Crippen LogP contribution in [-0.2, 0) is 0 Å². The summed E-state index contributed by atoms with van der Waals surface area (Å²) in [6.07, 6.45) is 0. The third-order valence-electron chi connectivity index (χ3n) is 11.9. The van der Waals surface area contributed by atoms with E-state index < -0.39 is 0 Å². The first-order valence-corrected chi connectivity index (χ1v) is 20.1. The van der Waals surface area contributed by atoms with Crippen LogP contribution in [0.2, 0.25) is 0 Å². The second-order valence-corrected chi connectivity index (χ2v) is 15.3. The molecule has 0 aliphatic heterocycles. The summed E-state index contributed by atoms with van der Waals surface area (Å²) in [4.78, 5) is 2.37. The Morgan fingerprint density at radius 2 is 0.847 bits per heavy atom. The molecule has 0 atom stereocenters. The summed E-state index contributed by atoms with van der Waals surface area (Å²) in [6.45, 7) is 0. The van der Waals surface area contributed by atoms with E-state index in [4.69, 9.17) is 8.83 Å². The maximum atomic E-state index is 6.78. The molecule has 0 bridgehead atoms. The van der Waals surface area contributed by atoms with E-state index in [9.17, 15) is 0 Å². The molecule has 0 amide bonds. The molecule has 0 fully saturated rings. The Morgan fingerprint density at radius 3 is 1.68 bits per heavy atom. The fourth-order valence-corrected chi connectivity index (χ4v) is 8.99. The smallest absolute Gasteiger partial charge is 0.143 e. The van der Waals surface area contributed by atoms with Gasteiger partial charge in [-0.25, -0.2) is 0 Å². The van der Waals surface area contributed by atoms with Crippen LogP contribution >= 0.6 is 0 Å². The molecule has 10 aromatic carbocycles. The molecule has 0 aliphatic carbocycles. The predicted octanol–water partition coefficient (Wildman–Crippen LogP) is 16.3. The van der Waals surface area contributed by atoms with Gasteiger partial charge in [0.15, 0.2) is 0 Å². The third-order valence-corrected chi connectivity index (χ3v) is 11.9. The fraction of sp³-hybridized carbons (Fsp3) is 0. The quantitative estimate of drug-likeness (QED) is 0.169. The van der Waals surface area contributed by atoms with Gasteiger partial charge in [0.05, 0.1) is 5.69 Å². The molecule has 0 saturated heterocycles. The molecule has 0 radical (unpaired) electrons. The summed E-state index contributed by atoms with van der Waals surface area (Å²) < 4.78 is 13.0. The molecule has 59 heavy (non-hydrogen) atoms. The minimum Gasteiger partial charge on any atom is -0.456 e. The first kappa shape index (κ1) is 33.3. The van der Waals surface area contributed by atoms with Crippen LogP contribution in [0.3, 0.4) is 0 Å². The first-order chi connectivity index (χ1) is 29.2. The molecule has 276 valence electrons. The SMILES string of the molecule is c1ccc(N(c2ccc(-c3ccc4c(c3)oc3ccccc34)cc2)c2ccc(-c3cccc4ccccc34)cc2)c(-c2cccc3c2oc2cc4ccccc4cc23)c1. The van der Waals surface area contributed by atoms with Gasteiger partial charge in [-0.2, -0.15) is 0 Å². The van der Waals surface area contributed by atoms with Crippen molar-refractivity contribution in [2.24, 2.45) is 0 Å². The Hall–Kier alpha value is -7.88. The highest BCUT2D eigenvalue weighted by Gasteiger charge is 2.21. The second-order valence-electron chi connectivity index (χ2n) is 15.3. The minimum absolute atomic E-state index is 0.882. The average molecular weight is 754 g/mol. The molecule has 12 rings (SSSR count). The van der Waals surface area contributed by atoms with Crippen molar-refractivity contribution in [3.8, 4) is 33.4 Å². The number of hydrogen-bond donors (Lipinski definition) is 0. The van der Waals surface area contributed by atoms with Crippen LogP contribution in [0.5, 0.6) is 0 Å². The second kappa shape index (κ2) is 13.4. The van der Waals surface area contributed by atoms with Crippen molar-refractivity contribution in [3.05, 3.63) is 212 Å².